The van der Waals surface area contributed by atoms with Crippen molar-refractivity contribution in [3.8, 4) is 0 Å². The fourth-order valence-electron chi connectivity index (χ4n) is 1.88. The molecule has 4 nitrogen and oxygen atoms in total. The molecular formula is C17H17FN2O2. The van der Waals surface area contributed by atoms with Gasteiger partial charge in [0.05, 0.1) is 0 Å². The molecular weight excluding hydrogens is 283 g/mol. The van der Waals surface area contributed by atoms with Crippen LogP contribution in [0.2, 0.25) is 0 Å². The maximum absolute atomic E-state index is 12.8. The second-order valence-electron chi connectivity index (χ2n) is 4.80. The highest BCUT2D eigenvalue weighted by molar-refractivity contribution is 6.05. The Morgan fingerprint density at radius 3 is 2.41 bits per heavy atom. The van der Waals surface area contributed by atoms with Crippen LogP contribution in [0.5, 0.6) is 0 Å². The second-order valence-corrected chi connectivity index (χ2v) is 4.80. The van der Waals surface area contributed by atoms with Gasteiger partial charge in [-0.3, -0.25) is 9.59 Å². The topological polar surface area (TPSA) is 58.2 Å². The molecule has 0 radical (unpaired) electrons. The molecule has 2 N–H and O–H groups in total. The Hall–Kier alpha value is -2.69. The molecule has 0 aliphatic rings. The summed E-state index contributed by atoms with van der Waals surface area (Å²) in [5, 5.41) is 5.46. The number of carbonyl (C=O) groups excluding carboxylic acids is 2. The lowest BCUT2D eigenvalue weighted by Gasteiger charge is -2.08. The third-order valence-corrected chi connectivity index (χ3v) is 3.02. The molecule has 0 saturated heterocycles. The van der Waals surface area contributed by atoms with Gasteiger partial charge in [-0.2, -0.15) is 0 Å². The third-order valence-electron chi connectivity index (χ3n) is 3.02. The maximum Gasteiger partial charge on any atom is 0.255 e. The smallest absolute Gasteiger partial charge is 0.255 e. The summed E-state index contributed by atoms with van der Waals surface area (Å²) in [5.74, 6) is -0.933. The molecule has 0 fully saturated rings. The summed E-state index contributed by atoms with van der Waals surface area (Å²) in [4.78, 5) is 23.9. The van der Waals surface area contributed by atoms with E-state index in [1.807, 2.05) is 6.92 Å². The van der Waals surface area contributed by atoms with Gasteiger partial charge < -0.3 is 10.6 Å². The van der Waals surface area contributed by atoms with Crippen molar-refractivity contribution >= 4 is 17.5 Å². The van der Waals surface area contributed by atoms with Gasteiger partial charge in [0.15, 0.2) is 0 Å². The molecule has 0 aliphatic carbocycles. The summed E-state index contributed by atoms with van der Waals surface area (Å²) >= 11 is 0. The lowest BCUT2D eigenvalue weighted by atomic mass is 10.1. The lowest BCUT2D eigenvalue weighted by Crippen LogP contribution is -2.24. The van der Waals surface area contributed by atoms with Crippen LogP contribution in [0, 0.1) is 5.82 Å². The van der Waals surface area contributed by atoms with E-state index in [4.69, 9.17) is 0 Å². The number of halogens is 1. The van der Waals surface area contributed by atoms with E-state index in [2.05, 4.69) is 10.6 Å². The van der Waals surface area contributed by atoms with Gasteiger partial charge in [0.25, 0.3) is 11.8 Å². The van der Waals surface area contributed by atoms with E-state index in [1.54, 1.807) is 24.3 Å². The minimum atomic E-state index is -0.397. The van der Waals surface area contributed by atoms with Crippen molar-refractivity contribution in [1.82, 2.24) is 5.32 Å². The van der Waals surface area contributed by atoms with Crippen LogP contribution in [-0.4, -0.2) is 18.4 Å². The quantitative estimate of drug-likeness (QED) is 0.890. The van der Waals surface area contributed by atoms with Crippen LogP contribution in [0.15, 0.2) is 48.5 Å². The first-order chi connectivity index (χ1) is 10.6. The van der Waals surface area contributed by atoms with Gasteiger partial charge in [0, 0.05) is 23.4 Å². The number of benzene rings is 2. The summed E-state index contributed by atoms with van der Waals surface area (Å²) < 4.78 is 12.8. The fraction of sp³-hybridized carbons (Fsp3) is 0.176. The minimum absolute atomic E-state index is 0.181. The molecule has 0 heterocycles. The third kappa shape index (κ3) is 4.15. The molecule has 2 aromatic rings. The van der Waals surface area contributed by atoms with Crippen molar-refractivity contribution in [1.29, 1.82) is 0 Å². The number of amides is 2. The summed E-state index contributed by atoms with van der Waals surface area (Å²) in [6.07, 6.45) is 0.854. The second kappa shape index (κ2) is 7.36. The van der Waals surface area contributed by atoms with E-state index < -0.39 is 5.82 Å². The Morgan fingerprint density at radius 1 is 1.00 bits per heavy atom. The molecule has 0 aromatic heterocycles. The van der Waals surface area contributed by atoms with E-state index in [-0.39, 0.29) is 11.8 Å². The summed E-state index contributed by atoms with van der Waals surface area (Å²) in [6, 6.07) is 11.9. The highest BCUT2D eigenvalue weighted by atomic mass is 19.1. The van der Waals surface area contributed by atoms with Gasteiger partial charge in [-0.05, 0) is 48.9 Å². The summed E-state index contributed by atoms with van der Waals surface area (Å²) in [6.45, 7) is 2.57. The highest BCUT2D eigenvalue weighted by Crippen LogP contribution is 2.13. The lowest BCUT2D eigenvalue weighted by molar-refractivity contribution is 0.0952. The number of carbonyl (C=O) groups is 2. The van der Waals surface area contributed by atoms with Crippen molar-refractivity contribution in [2.24, 2.45) is 0 Å². The van der Waals surface area contributed by atoms with Crippen LogP contribution >= 0.6 is 0 Å². The van der Waals surface area contributed by atoms with Crippen LogP contribution < -0.4 is 10.6 Å². The van der Waals surface area contributed by atoms with Gasteiger partial charge in [-0.25, -0.2) is 4.39 Å². The first kappa shape index (κ1) is 15.7. The standard InChI is InChI=1S/C17H17FN2O2/c1-2-10-19-16(21)13-4-3-5-15(11-13)20-17(22)12-6-8-14(18)9-7-12/h3-9,11H,2,10H2,1H3,(H,19,21)(H,20,22). The van der Waals surface area contributed by atoms with Crippen molar-refractivity contribution in [2.75, 3.05) is 11.9 Å². The van der Waals surface area contributed by atoms with E-state index in [9.17, 15) is 14.0 Å². The van der Waals surface area contributed by atoms with E-state index in [0.717, 1.165) is 6.42 Å². The van der Waals surface area contributed by atoms with E-state index in [0.29, 0.717) is 23.4 Å². The molecule has 2 aromatic carbocycles. The molecule has 0 aliphatic heterocycles. The first-order valence-corrected chi connectivity index (χ1v) is 7.05. The van der Waals surface area contributed by atoms with Gasteiger partial charge in [-0.1, -0.05) is 13.0 Å². The molecule has 2 rings (SSSR count). The predicted molar refractivity (Wildman–Crippen MR) is 83.4 cm³/mol. The molecule has 22 heavy (non-hydrogen) atoms. The van der Waals surface area contributed by atoms with Gasteiger partial charge in [-0.15, -0.1) is 0 Å². The maximum atomic E-state index is 12.8. The average molecular weight is 300 g/mol. The summed E-state index contributed by atoms with van der Waals surface area (Å²) in [7, 11) is 0. The zero-order valence-electron chi connectivity index (χ0n) is 12.2. The number of hydrogen-bond acceptors (Lipinski definition) is 2. The van der Waals surface area contributed by atoms with Crippen molar-refractivity contribution in [3.05, 3.63) is 65.5 Å². The Bertz CT molecular complexity index is 669. The molecule has 2 amide bonds. The number of rotatable bonds is 5. The van der Waals surface area contributed by atoms with Gasteiger partial charge in [0.2, 0.25) is 0 Å². The van der Waals surface area contributed by atoms with Crippen LogP contribution in [0.4, 0.5) is 10.1 Å². The number of nitrogens with one attached hydrogen (secondary N) is 2. The van der Waals surface area contributed by atoms with Crippen molar-refractivity contribution in [2.45, 2.75) is 13.3 Å². The van der Waals surface area contributed by atoms with Crippen LogP contribution in [-0.2, 0) is 0 Å². The number of anilines is 1. The van der Waals surface area contributed by atoms with Crippen molar-refractivity contribution < 1.29 is 14.0 Å². The highest BCUT2D eigenvalue weighted by Gasteiger charge is 2.09. The monoisotopic (exact) mass is 300 g/mol. The fourth-order valence-corrected chi connectivity index (χ4v) is 1.88. The van der Waals surface area contributed by atoms with E-state index in [1.165, 1.54) is 24.3 Å². The average Bonchev–Trinajstić information content (AvgIpc) is 2.53. The molecule has 0 spiro atoms. The molecule has 0 bridgehead atoms. The summed E-state index contributed by atoms with van der Waals surface area (Å²) in [5.41, 5.74) is 1.34. The molecule has 0 saturated carbocycles. The predicted octanol–water partition coefficient (Wildman–Crippen LogP) is 3.22. The Labute approximate surface area is 128 Å². The van der Waals surface area contributed by atoms with Crippen molar-refractivity contribution in [3.63, 3.8) is 0 Å². The minimum Gasteiger partial charge on any atom is -0.352 e. The van der Waals surface area contributed by atoms with E-state index >= 15 is 0 Å². The normalized spacial score (nSPS) is 10.1. The largest absolute Gasteiger partial charge is 0.352 e. The number of hydrogen-bond donors (Lipinski definition) is 2. The van der Waals surface area contributed by atoms with Crippen LogP contribution in [0.1, 0.15) is 34.1 Å². The van der Waals surface area contributed by atoms with Gasteiger partial charge in [0.1, 0.15) is 5.82 Å². The first-order valence-electron chi connectivity index (χ1n) is 7.05. The molecule has 0 atom stereocenters. The Kier molecular flexibility index (Phi) is 5.25. The zero-order valence-corrected chi connectivity index (χ0v) is 12.2. The Morgan fingerprint density at radius 2 is 1.73 bits per heavy atom. The Balaban J connectivity index is 2.08. The zero-order chi connectivity index (χ0) is 15.9. The SMILES string of the molecule is CCCNC(=O)c1cccc(NC(=O)c2ccc(F)cc2)c1. The molecule has 114 valence electrons. The van der Waals surface area contributed by atoms with Crippen LogP contribution in [0.25, 0.3) is 0 Å². The molecule has 5 heteroatoms. The van der Waals surface area contributed by atoms with Crippen LogP contribution in [0.3, 0.4) is 0 Å². The molecule has 0 unspecified atom stereocenters. The van der Waals surface area contributed by atoms with Gasteiger partial charge >= 0.3 is 0 Å².